The Morgan fingerprint density at radius 1 is 1.33 bits per heavy atom. The zero-order valence-electron chi connectivity index (χ0n) is 19.3. The lowest BCUT2D eigenvalue weighted by molar-refractivity contribution is -0.127. The Morgan fingerprint density at radius 2 is 2.07 bits per heavy atom. The summed E-state index contributed by atoms with van der Waals surface area (Å²) in [4.78, 5) is 17.0. The molecule has 0 fully saturated rings. The molecule has 1 atom stereocenters. The fourth-order valence-electron chi connectivity index (χ4n) is 2.97. The number of ether oxygens (including phenoxy) is 1. The van der Waals surface area contributed by atoms with E-state index in [4.69, 9.17) is 4.74 Å². The van der Waals surface area contributed by atoms with Crippen LogP contribution in [0.25, 0.3) is 0 Å². The van der Waals surface area contributed by atoms with Gasteiger partial charge in [-0.2, -0.15) is 0 Å². The molecule has 5 heteroatoms. The number of nitrogens with one attached hydrogen (secondary N) is 2. The first-order valence-electron chi connectivity index (χ1n) is 10.9. The summed E-state index contributed by atoms with van der Waals surface area (Å²) < 4.78 is 5.86. The molecule has 1 aromatic heterocycles. The molecule has 2 rings (SSSR count). The molecule has 0 spiro atoms. The molecule has 2 N–H and O–H groups in total. The molecule has 1 heterocycles. The quantitative estimate of drug-likeness (QED) is 0.600. The maximum atomic E-state index is 12.6. The highest BCUT2D eigenvalue weighted by atomic mass is 16.5. The molecule has 0 aromatic carbocycles. The molecule has 0 aliphatic heterocycles. The van der Waals surface area contributed by atoms with E-state index in [9.17, 15) is 4.79 Å². The number of aromatic nitrogens is 1. The van der Waals surface area contributed by atoms with Crippen LogP contribution in [0.15, 0.2) is 60.1 Å². The standard InChI is InChI=1S/C23H31N3O2.C2H6/c1-6-18-13-19(7-2)23(26-14-18)28-17(5)22(27)25-15-20-11-9-10-12-21(16(20)4)24-8-3;1-2/h8,10-14,17,24H,3,6-7,9,15H2,1-2,4-5H3,(H,25,27);1-2H3. The van der Waals surface area contributed by atoms with Gasteiger partial charge in [-0.3, -0.25) is 4.79 Å². The van der Waals surface area contributed by atoms with Gasteiger partial charge in [0.2, 0.25) is 5.88 Å². The second-order valence-corrected chi connectivity index (χ2v) is 6.75. The lowest BCUT2D eigenvalue weighted by atomic mass is 10.1. The monoisotopic (exact) mass is 411 g/mol. The summed E-state index contributed by atoms with van der Waals surface area (Å²) in [7, 11) is 0. The van der Waals surface area contributed by atoms with Crippen molar-refractivity contribution in [1.29, 1.82) is 0 Å². The summed E-state index contributed by atoms with van der Waals surface area (Å²) in [6.07, 6.45) is 11.6. The van der Waals surface area contributed by atoms with E-state index >= 15 is 0 Å². The van der Waals surface area contributed by atoms with Gasteiger partial charge in [0.1, 0.15) is 0 Å². The van der Waals surface area contributed by atoms with Gasteiger partial charge in [-0.05, 0) is 68.2 Å². The maximum absolute atomic E-state index is 12.6. The highest BCUT2D eigenvalue weighted by Gasteiger charge is 2.18. The smallest absolute Gasteiger partial charge is 0.261 e. The molecule has 1 aliphatic rings. The summed E-state index contributed by atoms with van der Waals surface area (Å²) in [6, 6.07) is 2.10. The Kier molecular flexibility index (Phi) is 11.3. The van der Waals surface area contributed by atoms with Gasteiger partial charge in [-0.25, -0.2) is 4.98 Å². The van der Waals surface area contributed by atoms with Gasteiger partial charge < -0.3 is 15.4 Å². The third-order valence-electron chi connectivity index (χ3n) is 4.81. The number of hydrogen-bond acceptors (Lipinski definition) is 4. The molecule has 30 heavy (non-hydrogen) atoms. The van der Waals surface area contributed by atoms with E-state index in [1.807, 2.05) is 33.0 Å². The second-order valence-electron chi connectivity index (χ2n) is 6.75. The van der Waals surface area contributed by atoms with Gasteiger partial charge in [0.05, 0.1) is 0 Å². The maximum Gasteiger partial charge on any atom is 0.261 e. The highest BCUT2D eigenvalue weighted by molar-refractivity contribution is 5.81. The number of pyridine rings is 1. The lowest BCUT2D eigenvalue weighted by Crippen LogP contribution is -2.37. The van der Waals surface area contributed by atoms with Crippen LogP contribution in [0.5, 0.6) is 5.88 Å². The summed E-state index contributed by atoms with van der Waals surface area (Å²) >= 11 is 0. The number of amides is 1. The number of aryl methyl sites for hydroxylation is 2. The number of hydrogen-bond donors (Lipinski definition) is 2. The normalized spacial score (nSPS) is 14.0. The first kappa shape index (κ1) is 25.2. The number of rotatable bonds is 9. The molecular formula is C25H37N3O2. The van der Waals surface area contributed by atoms with Gasteiger partial charge >= 0.3 is 0 Å². The minimum atomic E-state index is -0.621. The third kappa shape index (κ3) is 7.21. The zero-order valence-corrected chi connectivity index (χ0v) is 19.3. The topological polar surface area (TPSA) is 63.2 Å². The van der Waals surface area contributed by atoms with E-state index in [2.05, 4.69) is 54.3 Å². The largest absolute Gasteiger partial charge is 0.464 e. The highest BCUT2D eigenvalue weighted by Crippen LogP contribution is 2.20. The molecule has 0 saturated carbocycles. The van der Waals surface area contributed by atoms with Crippen LogP contribution >= 0.6 is 0 Å². The summed E-state index contributed by atoms with van der Waals surface area (Å²) in [5, 5.41) is 6.12. The Labute approximate surface area is 182 Å². The van der Waals surface area contributed by atoms with Crippen LogP contribution < -0.4 is 15.4 Å². The van der Waals surface area contributed by atoms with Crippen molar-refractivity contribution in [2.45, 2.75) is 66.9 Å². The minimum Gasteiger partial charge on any atom is -0.464 e. The van der Waals surface area contributed by atoms with Crippen molar-refractivity contribution >= 4 is 5.91 Å². The molecule has 1 aliphatic carbocycles. The van der Waals surface area contributed by atoms with Crippen molar-refractivity contribution in [2.75, 3.05) is 6.54 Å². The summed E-state index contributed by atoms with van der Waals surface area (Å²) in [5.74, 6) is 0.376. The molecule has 1 amide bonds. The predicted molar refractivity (Wildman–Crippen MR) is 125 cm³/mol. The minimum absolute atomic E-state index is 0.160. The summed E-state index contributed by atoms with van der Waals surface area (Å²) in [6.45, 7) is 16.1. The second kappa shape index (κ2) is 13.4. The summed E-state index contributed by atoms with van der Waals surface area (Å²) in [5.41, 5.74) is 5.35. The van der Waals surface area contributed by atoms with E-state index in [0.29, 0.717) is 12.4 Å². The zero-order chi connectivity index (χ0) is 22.5. The number of allylic oxidation sites excluding steroid dienone is 3. The van der Waals surface area contributed by atoms with E-state index in [0.717, 1.165) is 41.7 Å². The van der Waals surface area contributed by atoms with Gasteiger partial charge in [0.15, 0.2) is 6.10 Å². The molecule has 0 bridgehead atoms. The first-order chi connectivity index (χ1) is 14.5. The van der Waals surface area contributed by atoms with E-state index in [-0.39, 0.29) is 5.91 Å². The van der Waals surface area contributed by atoms with Crippen LogP contribution in [0.3, 0.4) is 0 Å². The predicted octanol–water partition coefficient (Wildman–Crippen LogP) is 5.01. The van der Waals surface area contributed by atoms with Gasteiger partial charge in [0, 0.05) is 24.0 Å². The Hall–Kier alpha value is -2.82. The molecule has 164 valence electrons. The van der Waals surface area contributed by atoms with Gasteiger partial charge in [0.25, 0.3) is 5.91 Å². The van der Waals surface area contributed by atoms with Crippen molar-refractivity contribution in [3.8, 4) is 5.88 Å². The Bertz CT molecular complexity index is 807. The number of nitrogens with zero attached hydrogens (tertiary/aromatic N) is 1. The first-order valence-corrected chi connectivity index (χ1v) is 10.9. The van der Waals surface area contributed by atoms with Crippen LogP contribution in [0.2, 0.25) is 0 Å². The van der Waals surface area contributed by atoms with E-state index in [1.54, 1.807) is 13.1 Å². The Morgan fingerprint density at radius 3 is 2.70 bits per heavy atom. The molecule has 5 nitrogen and oxygen atoms in total. The lowest BCUT2D eigenvalue weighted by Gasteiger charge is -2.18. The fourth-order valence-corrected chi connectivity index (χ4v) is 2.97. The van der Waals surface area contributed by atoms with Crippen LogP contribution in [-0.4, -0.2) is 23.5 Å². The molecule has 0 radical (unpaired) electrons. The average molecular weight is 412 g/mol. The Balaban J connectivity index is 0.00000218. The average Bonchev–Trinajstić information content (AvgIpc) is 2.95. The van der Waals surface area contributed by atoms with Crippen LogP contribution in [0.1, 0.15) is 59.1 Å². The van der Waals surface area contributed by atoms with Crippen LogP contribution in [-0.2, 0) is 17.6 Å². The van der Waals surface area contributed by atoms with Crippen molar-refractivity contribution in [3.63, 3.8) is 0 Å². The SMILES string of the molecule is C=CNC1=C(C)C(CNC(=O)C(C)Oc2ncc(CC)cc2CC)=CCC=C1.CC. The third-order valence-corrected chi connectivity index (χ3v) is 4.81. The van der Waals surface area contributed by atoms with E-state index < -0.39 is 6.10 Å². The van der Waals surface area contributed by atoms with Gasteiger partial charge in [-0.1, -0.05) is 46.4 Å². The van der Waals surface area contributed by atoms with E-state index in [1.165, 1.54) is 5.56 Å². The van der Waals surface area contributed by atoms with Crippen molar-refractivity contribution in [1.82, 2.24) is 15.6 Å². The van der Waals surface area contributed by atoms with Crippen molar-refractivity contribution < 1.29 is 9.53 Å². The molecule has 1 aromatic rings. The molecule has 0 saturated heterocycles. The fraction of sp³-hybridized carbons (Fsp3) is 0.440. The van der Waals surface area contributed by atoms with Gasteiger partial charge in [-0.15, -0.1) is 0 Å². The van der Waals surface area contributed by atoms with Crippen LogP contribution in [0.4, 0.5) is 0 Å². The molecular weight excluding hydrogens is 374 g/mol. The number of carbonyl (C=O) groups excluding carboxylic acids is 1. The van der Waals surface area contributed by atoms with Crippen molar-refractivity contribution in [3.05, 3.63) is 71.2 Å². The van der Waals surface area contributed by atoms with Crippen LogP contribution in [0, 0.1) is 0 Å². The number of carbonyl (C=O) groups is 1. The van der Waals surface area contributed by atoms with Crippen molar-refractivity contribution in [2.24, 2.45) is 0 Å². The molecule has 1 unspecified atom stereocenters.